The Morgan fingerprint density at radius 2 is 1.58 bits per heavy atom. The summed E-state index contributed by atoms with van der Waals surface area (Å²) in [5, 5.41) is 17.8. The molecule has 0 unspecified atom stereocenters. The van der Waals surface area contributed by atoms with Crippen LogP contribution in [0.25, 0.3) is 32.0 Å². The van der Waals surface area contributed by atoms with Crippen molar-refractivity contribution in [3.05, 3.63) is 92.0 Å². The number of rotatable bonds is 5. The van der Waals surface area contributed by atoms with Crippen LogP contribution in [0.15, 0.2) is 70.7 Å². The first kappa shape index (κ1) is 16.9. The molecule has 3 aromatic heterocycles. The molecule has 0 aliphatic rings. The summed E-state index contributed by atoms with van der Waals surface area (Å²) in [6, 6.07) is 17.5. The van der Waals surface area contributed by atoms with E-state index in [9.17, 15) is 10.1 Å². The van der Waals surface area contributed by atoms with Crippen molar-refractivity contribution in [2.75, 3.05) is 0 Å². The van der Waals surface area contributed by atoms with Crippen LogP contribution in [0.2, 0.25) is 0 Å². The molecule has 0 saturated heterocycles. The Hall–Kier alpha value is -2.54. The summed E-state index contributed by atoms with van der Waals surface area (Å²) in [6.07, 6.45) is 1.65. The van der Waals surface area contributed by atoms with Crippen molar-refractivity contribution in [2.45, 2.75) is 0 Å². The second-order valence-electron chi connectivity index (χ2n) is 5.51. The van der Waals surface area contributed by atoms with E-state index in [2.05, 4.69) is 6.07 Å². The van der Waals surface area contributed by atoms with Gasteiger partial charge in [-0.3, -0.25) is 10.1 Å². The topological polar surface area (TPSA) is 43.1 Å². The molecule has 26 heavy (non-hydrogen) atoms. The minimum Gasteiger partial charge on any atom is -0.258 e. The van der Waals surface area contributed by atoms with Crippen LogP contribution in [-0.2, 0) is 0 Å². The molecule has 0 N–H and O–H groups in total. The molecule has 0 aliphatic carbocycles. The van der Waals surface area contributed by atoms with Crippen LogP contribution < -0.4 is 0 Å². The Kier molecular flexibility index (Phi) is 4.79. The van der Waals surface area contributed by atoms with Gasteiger partial charge in [0.15, 0.2) is 0 Å². The van der Waals surface area contributed by atoms with Crippen LogP contribution in [-0.4, -0.2) is 4.92 Å². The van der Waals surface area contributed by atoms with Crippen LogP contribution in [0.5, 0.6) is 0 Å². The second kappa shape index (κ2) is 7.37. The lowest BCUT2D eigenvalue weighted by atomic mass is 10.0. The first-order chi connectivity index (χ1) is 12.7. The molecule has 1 aromatic carbocycles. The van der Waals surface area contributed by atoms with Crippen molar-refractivity contribution < 1.29 is 4.92 Å². The number of benzene rings is 1. The zero-order valence-corrected chi connectivity index (χ0v) is 15.9. The summed E-state index contributed by atoms with van der Waals surface area (Å²) in [6.45, 7) is 0. The minimum absolute atomic E-state index is 0.124. The Labute approximate surface area is 162 Å². The summed E-state index contributed by atoms with van der Waals surface area (Å²) in [5.41, 5.74) is 2.57. The zero-order valence-electron chi connectivity index (χ0n) is 13.5. The number of hydrogen-bond donors (Lipinski definition) is 0. The predicted octanol–water partition coefficient (Wildman–Crippen LogP) is 6.98. The van der Waals surface area contributed by atoms with Crippen LogP contribution in [0.3, 0.4) is 0 Å². The normalized spacial score (nSPS) is 11.6. The monoisotopic (exact) mass is 395 g/mol. The van der Waals surface area contributed by atoms with E-state index in [1.807, 2.05) is 64.7 Å². The third-order valence-corrected chi connectivity index (χ3v) is 6.80. The molecule has 0 fully saturated rings. The highest BCUT2D eigenvalue weighted by Gasteiger charge is 2.25. The molecule has 0 amide bonds. The van der Waals surface area contributed by atoms with Gasteiger partial charge in [-0.25, -0.2) is 0 Å². The van der Waals surface area contributed by atoms with Crippen molar-refractivity contribution in [1.29, 1.82) is 0 Å². The van der Waals surface area contributed by atoms with Gasteiger partial charge in [-0.15, -0.1) is 34.0 Å². The first-order valence-electron chi connectivity index (χ1n) is 7.85. The Morgan fingerprint density at radius 3 is 2.19 bits per heavy atom. The molecule has 0 aliphatic heterocycles. The number of nitrogens with zero attached hydrogens (tertiary/aromatic N) is 1. The highest BCUT2D eigenvalue weighted by atomic mass is 32.1. The quantitative estimate of drug-likeness (QED) is 0.270. The molecule has 0 spiro atoms. The van der Waals surface area contributed by atoms with Crippen molar-refractivity contribution >= 4 is 45.8 Å². The van der Waals surface area contributed by atoms with E-state index >= 15 is 0 Å². The lowest BCUT2D eigenvalue weighted by molar-refractivity contribution is -0.374. The number of nitro groups is 1. The van der Waals surface area contributed by atoms with Gasteiger partial charge in [0, 0.05) is 26.8 Å². The molecule has 0 saturated carbocycles. The predicted molar refractivity (Wildman–Crippen MR) is 112 cm³/mol. The van der Waals surface area contributed by atoms with E-state index in [1.165, 1.54) is 0 Å². The van der Waals surface area contributed by atoms with E-state index in [-0.39, 0.29) is 10.6 Å². The third-order valence-electron chi connectivity index (χ3n) is 3.88. The highest BCUT2D eigenvalue weighted by molar-refractivity contribution is 7.21. The molecular weight excluding hydrogens is 382 g/mol. The van der Waals surface area contributed by atoms with E-state index in [1.54, 1.807) is 40.1 Å². The maximum Gasteiger partial charge on any atom is 0.278 e. The highest BCUT2D eigenvalue weighted by Crippen LogP contribution is 2.46. The summed E-state index contributed by atoms with van der Waals surface area (Å²) in [5.74, 6) is 0. The minimum atomic E-state index is -0.287. The van der Waals surface area contributed by atoms with Gasteiger partial charge in [-0.05, 0) is 28.5 Å². The average molecular weight is 396 g/mol. The van der Waals surface area contributed by atoms with Crippen molar-refractivity contribution in [1.82, 2.24) is 0 Å². The van der Waals surface area contributed by atoms with Crippen LogP contribution in [0.4, 0.5) is 0 Å². The van der Waals surface area contributed by atoms with Crippen molar-refractivity contribution in [2.24, 2.45) is 0 Å². The molecule has 4 rings (SSSR count). The van der Waals surface area contributed by atoms with Crippen LogP contribution >= 0.6 is 34.0 Å². The number of thiophene rings is 3. The fourth-order valence-electron chi connectivity index (χ4n) is 2.74. The van der Waals surface area contributed by atoms with E-state index in [0.717, 1.165) is 25.8 Å². The van der Waals surface area contributed by atoms with Gasteiger partial charge in [0.25, 0.3) is 5.70 Å². The average Bonchev–Trinajstić information content (AvgIpc) is 3.40. The fourth-order valence-corrected chi connectivity index (χ4v) is 5.55. The van der Waals surface area contributed by atoms with Gasteiger partial charge in [0.1, 0.15) is 0 Å². The maximum absolute atomic E-state index is 11.9. The van der Waals surface area contributed by atoms with Crippen LogP contribution in [0.1, 0.15) is 11.1 Å². The fraction of sp³-hybridized carbons (Fsp3) is 0. The standard InChI is InChI=1S/C20H13NO2S3/c22-21(23)16(12-14-6-2-1-3-7-14)15-13-26-20(18-9-5-11-25-18)19(15)17-8-4-10-24-17/h1-13H. The van der Waals surface area contributed by atoms with Crippen molar-refractivity contribution in [3.8, 4) is 20.2 Å². The largest absolute Gasteiger partial charge is 0.278 e. The molecule has 3 heterocycles. The summed E-state index contributed by atoms with van der Waals surface area (Å²) >= 11 is 4.81. The third kappa shape index (κ3) is 3.26. The molecule has 4 aromatic rings. The molecule has 0 bridgehead atoms. The van der Waals surface area contributed by atoms with Gasteiger partial charge in [0.2, 0.25) is 0 Å². The summed E-state index contributed by atoms with van der Waals surface area (Å²) < 4.78 is 0. The smallest absolute Gasteiger partial charge is 0.258 e. The lowest BCUT2D eigenvalue weighted by Gasteiger charge is -2.04. The van der Waals surface area contributed by atoms with E-state index in [4.69, 9.17) is 0 Å². The van der Waals surface area contributed by atoms with Gasteiger partial charge < -0.3 is 0 Å². The first-order valence-corrected chi connectivity index (χ1v) is 10.5. The Morgan fingerprint density at radius 1 is 0.885 bits per heavy atom. The van der Waals surface area contributed by atoms with E-state index in [0.29, 0.717) is 5.56 Å². The molecule has 0 atom stereocenters. The van der Waals surface area contributed by atoms with Crippen LogP contribution in [0, 0.1) is 10.1 Å². The number of hydrogen-bond acceptors (Lipinski definition) is 5. The molecule has 6 heteroatoms. The molecule has 0 radical (unpaired) electrons. The Balaban J connectivity index is 1.93. The van der Waals surface area contributed by atoms with Gasteiger partial charge in [-0.1, -0.05) is 42.5 Å². The zero-order chi connectivity index (χ0) is 17.9. The lowest BCUT2D eigenvalue weighted by Crippen LogP contribution is -1.98. The molecular formula is C20H13NO2S3. The van der Waals surface area contributed by atoms with Gasteiger partial charge >= 0.3 is 0 Å². The maximum atomic E-state index is 11.9. The van der Waals surface area contributed by atoms with Gasteiger partial charge in [-0.2, -0.15) is 0 Å². The second-order valence-corrected chi connectivity index (χ2v) is 8.28. The Bertz CT molecular complexity index is 1050. The summed E-state index contributed by atoms with van der Waals surface area (Å²) in [7, 11) is 0. The van der Waals surface area contributed by atoms with Gasteiger partial charge in [0.05, 0.1) is 15.4 Å². The SMILES string of the molecule is O=[N+]([O-])C(=Cc1ccccc1)c1csc(-c2cccs2)c1-c1cccs1. The van der Waals surface area contributed by atoms with Crippen molar-refractivity contribution in [3.63, 3.8) is 0 Å². The molecule has 3 nitrogen and oxygen atoms in total. The summed E-state index contributed by atoms with van der Waals surface area (Å²) in [4.78, 5) is 14.8. The molecule has 128 valence electrons. The van der Waals surface area contributed by atoms with E-state index < -0.39 is 0 Å².